The van der Waals surface area contributed by atoms with Crippen molar-refractivity contribution >= 4 is 40.4 Å². The van der Waals surface area contributed by atoms with Gasteiger partial charge in [0.05, 0.1) is 23.4 Å². The number of ether oxygens (including phenoxy) is 1. The number of anilines is 1. The van der Waals surface area contributed by atoms with E-state index in [-0.39, 0.29) is 11.8 Å². The first-order valence-electron chi connectivity index (χ1n) is 8.61. The first-order valence-corrected chi connectivity index (χ1v) is 9.93. The Balaban J connectivity index is 1.62. The number of carbonyl (C=O) groups is 2. The molecule has 0 saturated heterocycles. The lowest BCUT2D eigenvalue weighted by molar-refractivity contribution is 0.0775. The standard InChI is InChI=1S/C21H19ClN2O3S/c1-24(10-11-27-17-6-4-5-16(22)13-17)21(26)18-7-2-3-8-19(18)23-20(25)15-9-12-28-14-15/h2-9,12-14H,10-11H2,1H3,(H,23,25). The number of nitrogens with one attached hydrogen (secondary N) is 1. The van der Waals surface area contributed by atoms with Crippen molar-refractivity contribution in [1.82, 2.24) is 4.90 Å². The Bertz CT molecular complexity index is 960. The summed E-state index contributed by atoms with van der Waals surface area (Å²) in [4.78, 5) is 26.7. The number of likely N-dealkylation sites (N-methyl/N-ethyl adjacent to an activating group) is 1. The number of hydrogen-bond donors (Lipinski definition) is 1. The molecular weight excluding hydrogens is 396 g/mol. The van der Waals surface area contributed by atoms with Gasteiger partial charge in [-0.15, -0.1) is 0 Å². The molecule has 1 aromatic heterocycles. The van der Waals surface area contributed by atoms with Gasteiger partial charge in [-0.25, -0.2) is 0 Å². The minimum Gasteiger partial charge on any atom is -0.492 e. The van der Waals surface area contributed by atoms with Gasteiger partial charge in [-0.05, 0) is 41.8 Å². The minimum atomic E-state index is -0.242. The number of carbonyl (C=O) groups excluding carboxylic acids is 2. The van der Waals surface area contributed by atoms with Crippen molar-refractivity contribution in [3.05, 3.63) is 81.5 Å². The fourth-order valence-corrected chi connectivity index (χ4v) is 3.35. The zero-order chi connectivity index (χ0) is 19.9. The van der Waals surface area contributed by atoms with Crippen molar-refractivity contribution in [1.29, 1.82) is 0 Å². The molecule has 0 radical (unpaired) electrons. The number of para-hydroxylation sites is 1. The molecule has 2 aromatic carbocycles. The first kappa shape index (κ1) is 19.9. The van der Waals surface area contributed by atoms with Crippen LogP contribution >= 0.6 is 22.9 Å². The van der Waals surface area contributed by atoms with Gasteiger partial charge < -0.3 is 15.0 Å². The summed E-state index contributed by atoms with van der Waals surface area (Å²) in [5, 5.41) is 7.00. The highest BCUT2D eigenvalue weighted by Gasteiger charge is 2.17. The summed E-state index contributed by atoms with van der Waals surface area (Å²) in [5.41, 5.74) is 1.47. The summed E-state index contributed by atoms with van der Waals surface area (Å²) >= 11 is 7.38. The highest BCUT2D eigenvalue weighted by Crippen LogP contribution is 2.19. The Morgan fingerprint density at radius 1 is 1.14 bits per heavy atom. The molecule has 0 spiro atoms. The number of benzene rings is 2. The van der Waals surface area contributed by atoms with E-state index in [4.69, 9.17) is 16.3 Å². The highest BCUT2D eigenvalue weighted by atomic mass is 35.5. The van der Waals surface area contributed by atoms with Crippen LogP contribution in [0.1, 0.15) is 20.7 Å². The molecule has 0 unspecified atom stereocenters. The van der Waals surface area contributed by atoms with Gasteiger partial charge in [-0.1, -0.05) is 29.8 Å². The van der Waals surface area contributed by atoms with E-state index in [1.54, 1.807) is 65.9 Å². The minimum absolute atomic E-state index is 0.198. The van der Waals surface area contributed by atoms with Crippen LogP contribution in [0, 0.1) is 0 Å². The number of halogens is 1. The van der Waals surface area contributed by atoms with E-state index in [1.807, 2.05) is 11.4 Å². The number of rotatable bonds is 7. The van der Waals surface area contributed by atoms with Gasteiger partial charge in [0.1, 0.15) is 12.4 Å². The summed E-state index contributed by atoms with van der Waals surface area (Å²) in [5.74, 6) is 0.209. The summed E-state index contributed by atoms with van der Waals surface area (Å²) in [6.07, 6.45) is 0. The topological polar surface area (TPSA) is 58.6 Å². The van der Waals surface area contributed by atoms with E-state index in [1.165, 1.54) is 11.3 Å². The predicted octanol–water partition coefficient (Wildman–Crippen LogP) is 4.80. The molecule has 5 nitrogen and oxygen atoms in total. The smallest absolute Gasteiger partial charge is 0.256 e. The fraction of sp³-hybridized carbons (Fsp3) is 0.143. The molecule has 0 bridgehead atoms. The average molecular weight is 415 g/mol. The normalized spacial score (nSPS) is 10.4. The summed E-state index contributed by atoms with van der Waals surface area (Å²) in [6.45, 7) is 0.712. The summed E-state index contributed by atoms with van der Waals surface area (Å²) in [7, 11) is 1.70. The zero-order valence-corrected chi connectivity index (χ0v) is 16.8. The number of amides is 2. The van der Waals surface area contributed by atoms with Crippen molar-refractivity contribution in [3.63, 3.8) is 0 Å². The molecule has 0 fully saturated rings. The molecule has 3 rings (SSSR count). The number of nitrogens with zero attached hydrogens (tertiary/aromatic N) is 1. The zero-order valence-electron chi connectivity index (χ0n) is 15.2. The monoisotopic (exact) mass is 414 g/mol. The summed E-state index contributed by atoms with van der Waals surface area (Å²) in [6, 6.07) is 15.8. The fourth-order valence-electron chi connectivity index (χ4n) is 2.53. The second kappa shape index (κ2) is 9.39. The lowest BCUT2D eigenvalue weighted by Crippen LogP contribution is -2.31. The molecule has 0 aliphatic rings. The maximum Gasteiger partial charge on any atom is 0.256 e. The van der Waals surface area contributed by atoms with Gasteiger partial charge >= 0.3 is 0 Å². The van der Waals surface area contributed by atoms with Crippen LogP contribution in [0.5, 0.6) is 5.75 Å². The third-order valence-corrected chi connectivity index (χ3v) is 4.95. The second-order valence-electron chi connectivity index (χ2n) is 6.04. The van der Waals surface area contributed by atoms with Crippen LogP contribution in [0.2, 0.25) is 5.02 Å². The number of hydrogen-bond acceptors (Lipinski definition) is 4. The molecule has 7 heteroatoms. The molecule has 0 atom stereocenters. The van der Waals surface area contributed by atoms with E-state index >= 15 is 0 Å². The van der Waals surface area contributed by atoms with E-state index in [0.29, 0.717) is 40.7 Å². The quantitative estimate of drug-likeness (QED) is 0.603. The molecule has 28 heavy (non-hydrogen) atoms. The molecule has 144 valence electrons. The van der Waals surface area contributed by atoms with E-state index in [9.17, 15) is 9.59 Å². The lowest BCUT2D eigenvalue weighted by Gasteiger charge is -2.19. The molecule has 0 saturated carbocycles. The van der Waals surface area contributed by atoms with Crippen molar-refractivity contribution in [2.45, 2.75) is 0 Å². The molecule has 1 N–H and O–H groups in total. The van der Waals surface area contributed by atoms with Crippen LogP contribution in [0.4, 0.5) is 5.69 Å². The Morgan fingerprint density at radius 2 is 1.96 bits per heavy atom. The van der Waals surface area contributed by atoms with Crippen molar-refractivity contribution in [2.24, 2.45) is 0 Å². The molecule has 0 aliphatic carbocycles. The van der Waals surface area contributed by atoms with Crippen LogP contribution in [-0.4, -0.2) is 36.9 Å². The van der Waals surface area contributed by atoms with Gasteiger partial charge in [0.2, 0.25) is 0 Å². The Hall–Kier alpha value is -2.83. The molecular formula is C21H19ClN2O3S. The van der Waals surface area contributed by atoms with Gasteiger partial charge in [0.25, 0.3) is 11.8 Å². The van der Waals surface area contributed by atoms with Crippen LogP contribution in [0.15, 0.2) is 65.4 Å². The van der Waals surface area contributed by atoms with E-state index < -0.39 is 0 Å². The van der Waals surface area contributed by atoms with Gasteiger partial charge in [0, 0.05) is 17.5 Å². The van der Waals surface area contributed by atoms with Crippen LogP contribution in [0.3, 0.4) is 0 Å². The van der Waals surface area contributed by atoms with Crippen molar-refractivity contribution < 1.29 is 14.3 Å². The van der Waals surface area contributed by atoms with E-state index in [0.717, 1.165) is 0 Å². The third-order valence-electron chi connectivity index (χ3n) is 4.03. The maximum atomic E-state index is 12.8. The molecule has 0 aliphatic heterocycles. The predicted molar refractivity (Wildman–Crippen MR) is 113 cm³/mol. The molecule has 3 aromatic rings. The van der Waals surface area contributed by atoms with Gasteiger partial charge in [0.15, 0.2) is 0 Å². The van der Waals surface area contributed by atoms with E-state index in [2.05, 4.69) is 5.32 Å². The van der Waals surface area contributed by atoms with Crippen molar-refractivity contribution in [2.75, 3.05) is 25.5 Å². The average Bonchev–Trinajstić information content (AvgIpc) is 3.23. The molecule has 2 amide bonds. The summed E-state index contributed by atoms with van der Waals surface area (Å²) < 4.78 is 5.64. The second-order valence-corrected chi connectivity index (χ2v) is 7.26. The highest BCUT2D eigenvalue weighted by molar-refractivity contribution is 7.08. The largest absolute Gasteiger partial charge is 0.492 e. The van der Waals surface area contributed by atoms with Crippen LogP contribution < -0.4 is 10.1 Å². The number of thiophene rings is 1. The van der Waals surface area contributed by atoms with Crippen LogP contribution in [-0.2, 0) is 0 Å². The van der Waals surface area contributed by atoms with Crippen molar-refractivity contribution in [3.8, 4) is 5.75 Å². The third kappa shape index (κ3) is 5.12. The lowest BCUT2D eigenvalue weighted by atomic mass is 10.1. The van der Waals surface area contributed by atoms with Crippen LogP contribution in [0.25, 0.3) is 0 Å². The van der Waals surface area contributed by atoms with Gasteiger partial charge in [-0.3, -0.25) is 9.59 Å². The Morgan fingerprint density at radius 3 is 2.71 bits per heavy atom. The first-order chi connectivity index (χ1) is 13.5. The Labute approximate surface area is 172 Å². The maximum absolute atomic E-state index is 12.8. The Kier molecular flexibility index (Phi) is 6.68. The molecule has 1 heterocycles. The SMILES string of the molecule is CN(CCOc1cccc(Cl)c1)C(=O)c1ccccc1NC(=O)c1ccsc1. The van der Waals surface area contributed by atoms with Gasteiger partial charge in [-0.2, -0.15) is 11.3 Å².